The van der Waals surface area contributed by atoms with Crippen LogP contribution in [0.5, 0.6) is 5.75 Å². The number of ether oxygens (including phenoxy) is 1. The highest BCUT2D eigenvalue weighted by molar-refractivity contribution is 5.35. The summed E-state index contributed by atoms with van der Waals surface area (Å²) in [4.78, 5) is 0. The Morgan fingerprint density at radius 2 is 2.09 bits per heavy atom. The lowest BCUT2D eigenvalue weighted by atomic mass is 10.1. The molecule has 0 atom stereocenters. The lowest BCUT2D eigenvalue weighted by Crippen LogP contribution is -1.92. The van der Waals surface area contributed by atoms with Crippen molar-refractivity contribution < 1.29 is 4.74 Å². The van der Waals surface area contributed by atoms with E-state index >= 15 is 0 Å². The molecule has 1 aromatic rings. The van der Waals surface area contributed by atoms with E-state index in [4.69, 9.17) is 4.74 Å². The van der Waals surface area contributed by atoms with Crippen molar-refractivity contribution in [2.75, 3.05) is 6.61 Å². The smallest absolute Gasteiger partial charge is 0.119 e. The van der Waals surface area contributed by atoms with E-state index in [2.05, 4.69) is 6.92 Å². The van der Waals surface area contributed by atoms with Gasteiger partial charge in [0, 0.05) is 0 Å². The minimum atomic E-state index is 0.711. The van der Waals surface area contributed by atoms with Crippen molar-refractivity contribution in [2.45, 2.75) is 13.8 Å². The van der Waals surface area contributed by atoms with Crippen molar-refractivity contribution >= 4 is 0 Å². The van der Waals surface area contributed by atoms with E-state index in [1.807, 2.05) is 32.0 Å². The molecule has 59 valence electrons. The fourth-order valence-electron chi connectivity index (χ4n) is 1.07. The molecule has 1 rings (SSSR count). The SMILES string of the molecule is [CH2]c1cc(C)cc(OCC)c1. The van der Waals surface area contributed by atoms with Gasteiger partial charge in [0.1, 0.15) is 5.75 Å². The summed E-state index contributed by atoms with van der Waals surface area (Å²) in [6, 6.07) is 5.98. The van der Waals surface area contributed by atoms with E-state index < -0.39 is 0 Å². The number of benzene rings is 1. The molecule has 0 N–H and O–H groups in total. The third-order valence-corrected chi connectivity index (χ3v) is 1.42. The third-order valence-electron chi connectivity index (χ3n) is 1.42. The summed E-state index contributed by atoms with van der Waals surface area (Å²) in [5, 5.41) is 0. The van der Waals surface area contributed by atoms with Crippen LogP contribution in [-0.2, 0) is 0 Å². The fourth-order valence-corrected chi connectivity index (χ4v) is 1.07. The highest BCUT2D eigenvalue weighted by Crippen LogP contribution is 2.15. The summed E-state index contributed by atoms with van der Waals surface area (Å²) >= 11 is 0. The molecule has 1 aromatic carbocycles. The molecule has 0 aliphatic rings. The Morgan fingerprint density at radius 3 is 2.64 bits per heavy atom. The van der Waals surface area contributed by atoms with E-state index in [-0.39, 0.29) is 0 Å². The zero-order chi connectivity index (χ0) is 8.27. The van der Waals surface area contributed by atoms with Gasteiger partial charge in [-0.25, -0.2) is 0 Å². The number of rotatable bonds is 2. The van der Waals surface area contributed by atoms with Crippen LogP contribution in [-0.4, -0.2) is 6.61 Å². The fraction of sp³-hybridized carbons (Fsp3) is 0.300. The monoisotopic (exact) mass is 149 g/mol. The van der Waals surface area contributed by atoms with Gasteiger partial charge in [0.2, 0.25) is 0 Å². The molecule has 0 bridgehead atoms. The number of hydrogen-bond acceptors (Lipinski definition) is 1. The summed E-state index contributed by atoms with van der Waals surface area (Å²) < 4.78 is 5.33. The predicted molar refractivity (Wildman–Crippen MR) is 46.8 cm³/mol. The highest BCUT2D eigenvalue weighted by Gasteiger charge is 1.93. The maximum atomic E-state index is 5.33. The summed E-state index contributed by atoms with van der Waals surface area (Å²) in [6.07, 6.45) is 0. The summed E-state index contributed by atoms with van der Waals surface area (Å²) in [6.45, 7) is 8.57. The Bertz CT molecular complexity index is 220. The second-order valence-electron chi connectivity index (χ2n) is 2.59. The highest BCUT2D eigenvalue weighted by atomic mass is 16.5. The predicted octanol–water partition coefficient (Wildman–Crippen LogP) is 2.58. The van der Waals surface area contributed by atoms with Gasteiger partial charge in [0.15, 0.2) is 0 Å². The molecule has 0 saturated heterocycles. The van der Waals surface area contributed by atoms with Gasteiger partial charge in [-0.1, -0.05) is 6.07 Å². The Hall–Kier alpha value is -0.980. The Balaban J connectivity index is 2.89. The second kappa shape index (κ2) is 3.42. The third kappa shape index (κ3) is 2.26. The lowest BCUT2D eigenvalue weighted by Gasteiger charge is -2.04. The van der Waals surface area contributed by atoms with Gasteiger partial charge in [0.25, 0.3) is 0 Å². The molecule has 0 aliphatic heterocycles. The van der Waals surface area contributed by atoms with Crippen LogP contribution in [0.2, 0.25) is 0 Å². The summed E-state index contributed by atoms with van der Waals surface area (Å²) in [7, 11) is 0. The quantitative estimate of drug-likeness (QED) is 0.628. The molecule has 1 nitrogen and oxygen atoms in total. The average molecular weight is 149 g/mol. The molecule has 1 heteroatoms. The first kappa shape index (κ1) is 8.12. The molecule has 11 heavy (non-hydrogen) atoms. The van der Waals surface area contributed by atoms with Crippen molar-refractivity contribution in [2.24, 2.45) is 0 Å². The Morgan fingerprint density at radius 1 is 1.36 bits per heavy atom. The molecule has 0 aromatic heterocycles. The van der Waals surface area contributed by atoms with Gasteiger partial charge >= 0.3 is 0 Å². The first-order chi connectivity index (χ1) is 5.22. The molecule has 1 radical (unpaired) electrons. The minimum Gasteiger partial charge on any atom is -0.494 e. The first-order valence-electron chi connectivity index (χ1n) is 3.79. The Kier molecular flexibility index (Phi) is 2.53. The van der Waals surface area contributed by atoms with Gasteiger partial charge in [-0.2, -0.15) is 0 Å². The zero-order valence-corrected chi connectivity index (χ0v) is 7.05. The van der Waals surface area contributed by atoms with Gasteiger partial charge in [-0.05, 0) is 44.0 Å². The molecule has 0 saturated carbocycles. The van der Waals surface area contributed by atoms with Crippen LogP contribution in [0.15, 0.2) is 18.2 Å². The molecule has 0 aliphatic carbocycles. The van der Waals surface area contributed by atoms with Gasteiger partial charge in [-0.15, -0.1) is 0 Å². The normalized spacial score (nSPS) is 9.73. The van der Waals surface area contributed by atoms with Gasteiger partial charge in [-0.3, -0.25) is 0 Å². The average Bonchev–Trinajstić information content (AvgIpc) is 1.85. The second-order valence-corrected chi connectivity index (χ2v) is 2.59. The van der Waals surface area contributed by atoms with Crippen LogP contribution in [0.1, 0.15) is 18.1 Å². The van der Waals surface area contributed by atoms with Crippen LogP contribution >= 0.6 is 0 Å². The maximum absolute atomic E-state index is 5.33. The van der Waals surface area contributed by atoms with E-state index in [9.17, 15) is 0 Å². The van der Waals surface area contributed by atoms with Gasteiger partial charge < -0.3 is 4.74 Å². The topological polar surface area (TPSA) is 9.23 Å². The number of hydrogen-bond donors (Lipinski definition) is 0. The van der Waals surface area contributed by atoms with Crippen molar-refractivity contribution in [1.82, 2.24) is 0 Å². The molecule has 0 fully saturated rings. The number of aryl methyl sites for hydroxylation is 1. The minimum absolute atomic E-state index is 0.711. The Labute approximate surface area is 68.0 Å². The standard InChI is InChI=1S/C10H13O/c1-4-11-10-6-8(2)5-9(3)7-10/h5-7H,2,4H2,1,3H3. The van der Waals surface area contributed by atoms with Crippen LogP contribution in [0.3, 0.4) is 0 Å². The van der Waals surface area contributed by atoms with E-state index in [1.165, 1.54) is 5.56 Å². The molecule has 0 spiro atoms. The largest absolute Gasteiger partial charge is 0.494 e. The molecular weight excluding hydrogens is 136 g/mol. The van der Waals surface area contributed by atoms with E-state index in [0.29, 0.717) is 6.61 Å². The molecular formula is C10H13O. The summed E-state index contributed by atoms with van der Waals surface area (Å²) in [5.74, 6) is 0.914. The van der Waals surface area contributed by atoms with Crippen molar-refractivity contribution in [3.63, 3.8) is 0 Å². The zero-order valence-electron chi connectivity index (χ0n) is 7.05. The van der Waals surface area contributed by atoms with Crippen LogP contribution in [0.4, 0.5) is 0 Å². The van der Waals surface area contributed by atoms with E-state index in [0.717, 1.165) is 11.3 Å². The molecule has 0 amide bonds. The van der Waals surface area contributed by atoms with Crippen LogP contribution < -0.4 is 4.74 Å². The lowest BCUT2D eigenvalue weighted by molar-refractivity contribution is 0.340. The van der Waals surface area contributed by atoms with Crippen molar-refractivity contribution in [3.8, 4) is 5.75 Å². The molecule has 0 unspecified atom stereocenters. The maximum Gasteiger partial charge on any atom is 0.119 e. The van der Waals surface area contributed by atoms with Gasteiger partial charge in [0.05, 0.1) is 6.61 Å². The van der Waals surface area contributed by atoms with E-state index in [1.54, 1.807) is 0 Å². The van der Waals surface area contributed by atoms with Crippen LogP contribution in [0.25, 0.3) is 0 Å². The van der Waals surface area contributed by atoms with Crippen LogP contribution in [0, 0.1) is 13.8 Å². The van der Waals surface area contributed by atoms with Crippen molar-refractivity contribution in [3.05, 3.63) is 36.2 Å². The van der Waals surface area contributed by atoms with Crippen molar-refractivity contribution in [1.29, 1.82) is 0 Å². The summed E-state index contributed by atoms with van der Waals surface area (Å²) in [5.41, 5.74) is 2.20. The first-order valence-corrected chi connectivity index (χ1v) is 3.79. The molecule has 0 heterocycles.